The fourth-order valence-corrected chi connectivity index (χ4v) is 2.59. The molecule has 1 saturated carbocycles. The van der Waals surface area contributed by atoms with Gasteiger partial charge in [0.2, 0.25) is 0 Å². The smallest absolute Gasteiger partial charge is 0.309 e. The summed E-state index contributed by atoms with van der Waals surface area (Å²) in [5.41, 5.74) is 0.746. The maximum absolute atomic E-state index is 11.5. The number of carbonyl (C=O) groups is 1. The number of aliphatic carboxylic acids is 1. The predicted molar refractivity (Wildman–Crippen MR) is 67.8 cm³/mol. The van der Waals surface area contributed by atoms with Crippen LogP contribution in [0.15, 0.2) is 30.3 Å². The zero-order chi connectivity index (χ0) is 12.5. The van der Waals surface area contributed by atoms with Gasteiger partial charge in [0.15, 0.2) is 0 Å². The third-order valence-corrected chi connectivity index (χ3v) is 3.87. The van der Waals surface area contributed by atoms with E-state index in [1.54, 1.807) is 0 Å². The van der Waals surface area contributed by atoms with Gasteiger partial charge in [-0.15, -0.1) is 0 Å². The van der Waals surface area contributed by atoms with Crippen molar-refractivity contribution in [3.8, 4) is 0 Å². The minimum absolute atomic E-state index is 0.266. The first-order valence-corrected chi connectivity index (χ1v) is 6.21. The van der Waals surface area contributed by atoms with Gasteiger partial charge in [0.1, 0.15) is 0 Å². The second kappa shape index (κ2) is 4.17. The van der Waals surface area contributed by atoms with Crippen molar-refractivity contribution in [2.24, 2.45) is 10.8 Å². The first kappa shape index (κ1) is 12.2. The largest absolute Gasteiger partial charge is 0.481 e. The molecule has 0 amide bonds. The van der Waals surface area contributed by atoms with Crippen molar-refractivity contribution in [1.29, 1.82) is 0 Å². The Hall–Kier alpha value is -1.31. The fourth-order valence-electron chi connectivity index (χ4n) is 2.59. The highest BCUT2D eigenvalue weighted by Gasteiger charge is 2.46. The molecule has 2 heteroatoms. The Bertz CT molecular complexity index is 406. The Morgan fingerprint density at radius 3 is 2.41 bits per heavy atom. The second-order valence-electron chi connectivity index (χ2n) is 6.02. The van der Waals surface area contributed by atoms with E-state index in [4.69, 9.17) is 0 Å². The Morgan fingerprint density at radius 1 is 1.35 bits per heavy atom. The summed E-state index contributed by atoms with van der Waals surface area (Å²) in [4.78, 5) is 11.5. The molecule has 0 heterocycles. The van der Waals surface area contributed by atoms with E-state index in [2.05, 4.69) is 6.92 Å². The van der Waals surface area contributed by atoms with E-state index in [9.17, 15) is 9.90 Å². The minimum Gasteiger partial charge on any atom is -0.481 e. The van der Waals surface area contributed by atoms with Gasteiger partial charge in [-0.2, -0.15) is 0 Å². The molecule has 0 unspecified atom stereocenters. The molecule has 1 atom stereocenters. The van der Waals surface area contributed by atoms with Crippen molar-refractivity contribution in [2.75, 3.05) is 0 Å². The molecule has 2 nitrogen and oxygen atoms in total. The van der Waals surface area contributed by atoms with E-state index >= 15 is 0 Å². The molecular formula is C15H20O2. The SMILES string of the molecule is CC1(C[C@@](C)(Cc2ccccc2)C(=O)O)CC1. The summed E-state index contributed by atoms with van der Waals surface area (Å²) in [6.45, 7) is 4.07. The minimum atomic E-state index is -0.672. The third-order valence-electron chi connectivity index (χ3n) is 3.87. The monoisotopic (exact) mass is 232 g/mol. The topological polar surface area (TPSA) is 37.3 Å². The molecule has 0 saturated heterocycles. The first-order valence-electron chi connectivity index (χ1n) is 6.21. The fraction of sp³-hybridized carbons (Fsp3) is 0.533. The van der Waals surface area contributed by atoms with Crippen LogP contribution < -0.4 is 0 Å². The maximum Gasteiger partial charge on any atom is 0.309 e. The molecule has 1 N–H and O–H groups in total. The van der Waals surface area contributed by atoms with Crippen LogP contribution in [0.4, 0.5) is 0 Å². The summed E-state index contributed by atoms with van der Waals surface area (Å²) >= 11 is 0. The summed E-state index contributed by atoms with van der Waals surface area (Å²) < 4.78 is 0. The van der Waals surface area contributed by atoms with Crippen LogP contribution in [0.3, 0.4) is 0 Å². The molecule has 1 aromatic carbocycles. The molecule has 1 fully saturated rings. The number of rotatable bonds is 5. The number of carboxylic acid groups (broad SMARTS) is 1. The average molecular weight is 232 g/mol. The molecule has 0 radical (unpaired) electrons. The summed E-state index contributed by atoms with van der Waals surface area (Å²) in [5, 5.41) is 9.48. The van der Waals surface area contributed by atoms with Gasteiger partial charge in [0, 0.05) is 0 Å². The van der Waals surface area contributed by atoms with Gasteiger partial charge >= 0.3 is 5.97 Å². The van der Waals surface area contributed by atoms with Crippen LogP contribution in [0.5, 0.6) is 0 Å². The van der Waals surface area contributed by atoms with Crippen molar-refractivity contribution in [3.05, 3.63) is 35.9 Å². The number of hydrogen-bond acceptors (Lipinski definition) is 1. The lowest BCUT2D eigenvalue weighted by Crippen LogP contribution is -2.32. The maximum atomic E-state index is 11.5. The van der Waals surface area contributed by atoms with E-state index in [0.717, 1.165) is 12.0 Å². The standard InChI is InChI=1S/C15H20O2/c1-14(8-9-14)11-15(2,13(16)17)10-12-6-4-3-5-7-12/h3-7H,8-11H2,1-2H3,(H,16,17)/t15-/m1/s1. The van der Waals surface area contributed by atoms with Crippen molar-refractivity contribution in [2.45, 2.75) is 39.5 Å². The van der Waals surface area contributed by atoms with Crippen molar-refractivity contribution in [3.63, 3.8) is 0 Å². The molecule has 1 aliphatic rings. The lowest BCUT2D eigenvalue weighted by Gasteiger charge is -2.28. The molecule has 0 spiro atoms. The second-order valence-corrected chi connectivity index (χ2v) is 6.02. The van der Waals surface area contributed by atoms with Crippen molar-refractivity contribution < 1.29 is 9.90 Å². The zero-order valence-corrected chi connectivity index (χ0v) is 10.6. The quantitative estimate of drug-likeness (QED) is 0.843. The van der Waals surface area contributed by atoms with Gasteiger partial charge in [-0.25, -0.2) is 0 Å². The summed E-state index contributed by atoms with van der Waals surface area (Å²) in [6, 6.07) is 9.92. The molecular weight excluding hydrogens is 212 g/mol. The van der Waals surface area contributed by atoms with Gasteiger partial charge in [-0.3, -0.25) is 4.79 Å². The molecule has 92 valence electrons. The van der Waals surface area contributed by atoms with Crippen molar-refractivity contribution >= 4 is 5.97 Å². The molecule has 0 bridgehead atoms. The summed E-state index contributed by atoms with van der Waals surface area (Å²) in [5.74, 6) is -0.672. The Kier molecular flexibility index (Phi) is 2.98. The Morgan fingerprint density at radius 2 is 1.94 bits per heavy atom. The van der Waals surface area contributed by atoms with Crippen LogP contribution >= 0.6 is 0 Å². The van der Waals surface area contributed by atoms with E-state index < -0.39 is 11.4 Å². The van der Waals surface area contributed by atoms with Crippen LogP contribution in [0.25, 0.3) is 0 Å². The van der Waals surface area contributed by atoms with Gasteiger partial charge < -0.3 is 5.11 Å². The number of carboxylic acids is 1. The molecule has 0 aliphatic heterocycles. The number of hydrogen-bond donors (Lipinski definition) is 1. The van der Waals surface area contributed by atoms with E-state index in [0.29, 0.717) is 6.42 Å². The van der Waals surface area contributed by atoms with Crippen LogP contribution in [0.2, 0.25) is 0 Å². The van der Waals surface area contributed by atoms with Crippen molar-refractivity contribution in [1.82, 2.24) is 0 Å². The lowest BCUT2D eigenvalue weighted by atomic mass is 9.75. The van der Waals surface area contributed by atoms with Gasteiger partial charge in [-0.05, 0) is 43.6 Å². The molecule has 2 rings (SSSR count). The average Bonchev–Trinajstić information content (AvgIpc) is 2.96. The lowest BCUT2D eigenvalue weighted by molar-refractivity contribution is -0.149. The molecule has 17 heavy (non-hydrogen) atoms. The van der Waals surface area contributed by atoms with E-state index in [1.807, 2.05) is 37.3 Å². The summed E-state index contributed by atoms with van der Waals surface area (Å²) in [6.07, 6.45) is 3.75. The first-order chi connectivity index (χ1) is 7.94. The highest BCUT2D eigenvalue weighted by Crippen LogP contribution is 2.53. The van der Waals surface area contributed by atoms with E-state index in [-0.39, 0.29) is 5.41 Å². The van der Waals surface area contributed by atoms with Gasteiger partial charge in [0.25, 0.3) is 0 Å². The highest BCUT2D eigenvalue weighted by atomic mass is 16.4. The summed E-state index contributed by atoms with van der Waals surface area (Å²) in [7, 11) is 0. The Balaban J connectivity index is 2.14. The Labute approximate surface area is 103 Å². The molecule has 1 aromatic rings. The van der Waals surface area contributed by atoms with E-state index in [1.165, 1.54) is 12.8 Å². The van der Waals surface area contributed by atoms with Crippen LogP contribution in [0.1, 0.15) is 38.7 Å². The molecule has 1 aliphatic carbocycles. The normalized spacial score (nSPS) is 20.6. The van der Waals surface area contributed by atoms with Gasteiger partial charge in [0.05, 0.1) is 5.41 Å². The van der Waals surface area contributed by atoms with Crippen LogP contribution in [0, 0.1) is 10.8 Å². The molecule has 0 aromatic heterocycles. The van der Waals surface area contributed by atoms with Gasteiger partial charge in [-0.1, -0.05) is 37.3 Å². The predicted octanol–water partition coefficient (Wildman–Crippen LogP) is 3.51. The zero-order valence-electron chi connectivity index (χ0n) is 10.6. The number of benzene rings is 1. The van der Waals surface area contributed by atoms with Crippen LogP contribution in [-0.4, -0.2) is 11.1 Å². The highest BCUT2D eigenvalue weighted by molar-refractivity contribution is 5.74. The van der Waals surface area contributed by atoms with Crippen LogP contribution in [-0.2, 0) is 11.2 Å². The third kappa shape index (κ3) is 2.87.